The van der Waals surface area contributed by atoms with E-state index in [0.29, 0.717) is 0 Å². The average Bonchev–Trinajstić information content (AvgIpc) is 3.98. The van der Waals surface area contributed by atoms with Crippen LogP contribution in [-0.4, -0.2) is 4.40 Å². The fourth-order valence-electron chi connectivity index (χ4n) is 11.7. The number of benzene rings is 11. The third-order valence-corrected chi connectivity index (χ3v) is 15.4. The van der Waals surface area contributed by atoms with Crippen LogP contribution in [0.3, 0.4) is 0 Å². The molecule has 348 valence electrons. The number of aromatic nitrogens is 1. The monoisotopic (exact) mass is 934 g/mol. The van der Waals surface area contributed by atoms with Gasteiger partial charge in [0.1, 0.15) is 0 Å². The maximum absolute atomic E-state index is 2.57. The highest BCUT2D eigenvalue weighted by molar-refractivity contribution is 6.27. The summed E-state index contributed by atoms with van der Waals surface area (Å²) in [5, 5.41) is 5.04. The van der Waals surface area contributed by atoms with Crippen LogP contribution in [0.15, 0.2) is 249 Å². The van der Waals surface area contributed by atoms with Crippen LogP contribution in [0.1, 0.15) is 44.9 Å². The summed E-state index contributed by atoms with van der Waals surface area (Å²) in [6.45, 7) is 9.08. The van der Waals surface area contributed by atoms with E-state index in [1.54, 1.807) is 0 Å². The fraction of sp³-hybridized carbons (Fsp3) is 0.0704. The largest absolute Gasteiger partial charge is 0.309 e. The van der Waals surface area contributed by atoms with Crippen molar-refractivity contribution in [3.8, 4) is 44.5 Å². The topological polar surface area (TPSA) is 7.65 Å². The molecule has 2 nitrogen and oxygen atoms in total. The van der Waals surface area contributed by atoms with E-state index in [4.69, 9.17) is 0 Å². The molecular formula is C71H54N2. The molecule has 0 amide bonds. The maximum atomic E-state index is 2.57. The van der Waals surface area contributed by atoms with Crippen LogP contribution in [0.5, 0.6) is 0 Å². The summed E-state index contributed by atoms with van der Waals surface area (Å²) in [7, 11) is 0. The minimum absolute atomic E-state index is 0.0563. The molecule has 0 saturated heterocycles. The van der Waals surface area contributed by atoms with E-state index in [1.807, 2.05) is 0 Å². The van der Waals surface area contributed by atoms with Crippen molar-refractivity contribution >= 4 is 55.2 Å². The Morgan fingerprint density at radius 3 is 1.14 bits per heavy atom. The van der Waals surface area contributed by atoms with Crippen LogP contribution >= 0.6 is 0 Å². The van der Waals surface area contributed by atoms with Crippen LogP contribution < -0.4 is 4.90 Å². The van der Waals surface area contributed by atoms with Crippen LogP contribution in [0.25, 0.3) is 82.6 Å². The van der Waals surface area contributed by atoms with E-state index in [0.717, 1.165) is 17.1 Å². The van der Waals surface area contributed by atoms with Gasteiger partial charge in [0.15, 0.2) is 0 Å². The van der Waals surface area contributed by atoms with Crippen molar-refractivity contribution in [2.24, 2.45) is 0 Å². The summed E-state index contributed by atoms with van der Waals surface area (Å²) < 4.78 is 2.57. The highest BCUT2D eigenvalue weighted by Crippen LogP contribution is 2.51. The van der Waals surface area contributed by atoms with Gasteiger partial charge in [0.25, 0.3) is 0 Å². The van der Waals surface area contributed by atoms with Crippen molar-refractivity contribution in [2.75, 3.05) is 4.90 Å². The van der Waals surface area contributed by atoms with Gasteiger partial charge in [-0.15, -0.1) is 0 Å². The highest BCUT2D eigenvalue weighted by atomic mass is 15.2. The second-order valence-corrected chi connectivity index (χ2v) is 19.8. The highest BCUT2D eigenvalue weighted by Gasteiger charge is 2.29. The summed E-state index contributed by atoms with van der Waals surface area (Å²) in [6.07, 6.45) is 0. The van der Waals surface area contributed by atoms with Gasteiger partial charge >= 0.3 is 0 Å². The van der Waals surface area contributed by atoms with E-state index in [9.17, 15) is 0 Å². The van der Waals surface area contributed by atoms with E-state index in [-0.39, 0.29) is 5.92 Å². The lowest BCUT2D eigenvalue weighted by molar-refractivity contribution is 0.961. The molecule has 2 heterocycles. The SMILES string of the molecule is Cc1ccc(-c2ccccc2)cc1C(c1cc(-c2ccccc2)ccc1C)c1cccc2c1c1cccc3c4c(N(c5cc(-c6ccccc6)ccc5C)c5cc(-c6ccccc6)ccc5C)cccc4n2c13. The maximum Gasteiger partial charge on any atom is 0.0621 e. The fourth-order valence-corrected chi connectivity index (χ4v) is 11.7. The molecule has 0 N–H and O–H groups in total. The Kier molecular flexibility index (Phi) is 10.9. The molecule has 13 rings (SSSR count). The summed E-state index contributed by atoms with van der Waals surface area (Å²) in [4.78, 5) is 2.54. The number of hydrogen-bond acceptors (Lipinski definition) is 1. The van der Waals surface area contributed by atoms with Crippen molar-refractivity contribution in [2.45, 2.75) is 33.6 Å². The van der Waals surface area contributed by atoms with Gasteiger partial charge in [0.05, 0.1) is 22.2 Å². The zero-order valence-electron chi connectivity index (χ0n) is 41.6. The van der Waals surface area contributed by atoms with E-state index >= 15 is 0 Å². The molecule has 0 aliphatic carbocycles. The Hall–Kier alpha value is -8.98. The van der Waals surface area contributed by atoms with Gasteiger partial charge in [-0.25, -0.2) is 0 Å². The molecular weight excluding hydrogens is 881 g/mol. The van der Waals surface area contributed by atoms with Crippen LogP contribution in [0, 0.1) is 27.7 Å². The Morgan fingerprint density at radius 2 is 0.671 bits per heavy atom. The Morgan fingerprint density at radius 1 is 0.288 bits per heavy atom. The number of para-hydroxylation sites is 1. The summed E-state index contributed by atoms with van der Waals surface area (Å²) in [5.74, 6) is -0.0563. The molecule has 2 aromatic heterocycles. The summed E-state index contributed by atoms with van der Waals surface area (Å²) in [6, 6.07) is 92.2. The van der Waals surface area contributed by atoms with Crippen molar-refractivity contribution in [3.63, 3.8) is 0 Å². The number of aryl methyl sites for hydroxylation is 4. The number of nitrogens with zero attached hydrogens (tertiary/aromatic N) is 2. The average molecular weight is 935 g/mol. The molecule has 73 heavy (non-hydrogen) atoms. The van der Waals surface area contributed by atoms with E-state index in [2.05, 4.69) is 286 Å². The Balaban J connectivity index is 1.08. The Bertz CT molecular complexity index is 3730. The first-order valence-electron chi connectivity index (χ1n) is 25.5. The normalized spacial score (nSPS) is 11.7. The van der Waals surface area contributed by atoms with Crippen molar-refractivity contribution < 1.29 is 0 Å². The van der Waals surface area contributed by atoms with Crippen molar-refractivity contribution in [3.05, 3.63) is 288 Å². The molecule has 11 aromatic carbocycles. The summed E-state index contributed by atoms with van der Waals surface area (Å²) >= 11 is 0. The minimum atomic E-state index is -0.0563. The third-order valence-electron chi connectivity index (χ3n) is 15.4. The molecule has 0 spiro atoms. The van der Waals surface area contributed by atoms with Crippen LogP contribution in [-0.2, 0) is 0 Å². The number of anilines is 3. The first-order chi connectivity index (χ1) is 35.9. The van der Waals surface area contributed by atoms with Gasteiger partial charge in [-0.2, -0.15) is 0 Å². The van der Waals surface area contributed by atoms with Gasteiger partial charge < -0.3 is 9.30 Å². The molecule has 0 unspecified atom stereocenters. The second-order valence-electron chi connectivity index (χ2n) is 19.8. The van der Waals surface area contributed by atoms with Gasteiger partial charge in [-0.3, -0.25) is 0 Å². The van der Waals surface area contributed by atoms with Crippen molar-refractivity contribution in [1.29, 1.82) is 0 Å². The van der Waals surface area contributed by atoms with E-state index in [1.165, 1.54) is 122 Å². The van der Waals surface area contributed by atoms with Gasteiger partial charge in [-0.05, 0) is 154 Å². The lowest BCUT2D eigenvalue weighted by atomic mass is 9.78. The van der Waals surface area contributed by atoms with Crippen molar-refractivity contribution in [1.82, 2.24) is 4.40 Å². The van der Waals surface area contributed by atoms with E-state index < -0.39 is 0 Å². The van der Waals surface area contributed by atoms with Gasteiger partial charge in [0, 0.05) is 38.8 Å². The second kappa shape index (κ2) is 18.0. The van der Waals surface area contributed by atoms with Gasteiger partial charge in [-0.1, -0.05) is 206 Å². The number of fused-ring (bicyclic) bond motifs is 6. The predicted octanol–water partition coefficient (Wildman–Crippen LogP) is 19.4. The first-order valence-corrected chi connectivity index (χ1v) is 25.5. The van der Waals surface area contributed by atoms with Gasteiger partial charge in [0.2, 0.25) is 0 Å². The summed E-state index contributed by atoms with van der Waals surface area (Å²) in [5.41, 5.74) is 25.7. The van der Waals surface area contributed by atoms with Crippen LogP contribution in [0.4, 0.5) is 17.1 Å². The smallest absolute Gasteiger partial charge is 0.0621 e. The Labute approximate surface area is 428 Å². The number of hydrogen-bond donors (Lipinski definition) is 0. The molecule has 13 aromatic rings. The molecule has 0 saturated carbocycles. The number of rotatable bonds is 10. The minimum Gasteiger partial charge on any atom is -0.309 e. The zero-order valence-corrected chi connectivity index (χ0v) is 41.6. The molecule has 0 aliphatic rings. The molecule has 2 heteroatoms. The molecule has 0 aliphatic heterocycles. The lowest BCUT2D eigenvalue weighted by Crippen LogP contribution is -2.13. The lowest BCUT2D eigenvalue weighted by Gasteiger charge is -2.30. The van der Waals surface area contributed by atoms with Crippen LogP contribution in [0.2, 0.25) is 0 Å². The molecule has 0 bridgehead atoms. The third kappa shape index (κ3) is 7.49. The molecule has 0 fully saturated rings. The predicted molar refractivity (Wildman–Crippen MR) is 310 cm³/mol. The molecule has 0 atom stereocenters. The first kappa shape index (κ1) is 44.0. The quantitative estimate of drug-likeness (QED) is 0.124. The molecule has 0 radical (unpaired) electrons. The standard InChI is InChI=1S/C71H54N2/c1-46-34-38-54(50-20-9-5-10-21-50)42-61(46)68(62-43-55(39-35-47(62)2)51-22-11-6-12-23-51)58-28-18-31-63-69(58)59-29-17-30-60-70-64(32-19-33-65(70)73(63)71(59)60)72(66-44-56(40-36-48(66)3)52-24-13-7-14-25-52)67-45-57(41-37-49(67)4)53-26-15-8-16-27-53/h5-45,68H,1-4H3. The zero-order chi connectivity index (χ0) is 49.2.